The van der Waals surface area contributed by atoms with Gasteiger partial charge < -0.3 is 24.5 Å². The summed E-state index contributed by atoms with van der Waals surface area (Å²) in [6.07, 6.45) is 11.4. The highest BCUT2D eigenvalue weighted by molar-refractivity contribution is 5.84. The SMILES string of the molecule is CC(=O)N1CCN(c2ccc(Nc3cc(-c4cnc5cc[nH]c5c4)cn4ccnc34)nc2)CC1. The summed E-state index contributed by atoms with van der Waals surface area (Å²) in [5, 5.41) is 3.43. The standard InChI is InChI=1S/C25H24N8O/c1-17(34)31-8-10-32(11-9-31)20-2-3-24(29-15-20)30-23-13-19(16-33-7-6-27-25(23)33)18-12-22-21(28-14-18)4-5-26-22/h2-7,12-16,26H,8-11H2,1H3,(H,29,30). The van der Waals surface area contributed by atoms with E-state index in [-0.39, 0.29) is 5.91 Å². The van der Waals surface area contributed by atoms with Gasteiger partial charge in [0.2, 0.25) is 5.91 Å². The highest BCUT2D eigenvalue weighted by atomic mass is 16.2. The topological polar surface area (TPSA) is 94.5 Å². The van der Waals surface area contributed by atoms with Crippen molar-refractivity contribution in [2.24, 2.45) is 0 Å². The lowest BCUT2D eigenvalue weighted by Crippen LogP contribution is -2.48. The zero-order valence-electron chi connectivity index (χ0n) is 18.8. The van der Waals surface area contributed by atoms with Crippen LogP contribution in [0.5, 0.6) is 0 Å². The maximum absolute atomic E-state index is 11.6. The Kier molecular flexibility index (Phi) is 4.87. The van der Waals surface area contributed by atoms with Gasteiger partial charge in [-0.3, -0.25) is 9.78 Å². The summed E-state index contributed by atoms with van der Waals surface area (Å²) < 4.78 is 2.00. The number of rotatable bonds is 4. The van der Waals surface area contributed by atoms with Crippen LogP contribution in [0, 0.1) is 0 Å². The van der Waals surface area contributed by atoms with E-state index in [0.29, 0.717) is 0 Å². The van der Waals surface area contributed by atoms with Crippen molar-refractivity contribution in [2.75, 3.05) is 36.4 Å². The highest BCUT2D eigenvalue weighted by Crippen LogP contribution is 2.29. The Labute approximate surface area is 196 Å². The molecular weight excluding hydrogens is 428 g/mol. The predicted octanol–water partition coefficient (Wildman–Crippen LogP) is 3.68. The van der Waals surface area contributed by atoms with Gasteiger partial charge in [0, 0.05) is 75.2 Å². The number of carbonyl (C=O) groups excluding carboxylic acids is 1. The first-order chi connectivity index (χ1) is 16.6. The van der Waals surface area contributed by atoms with Crippen molar-refractivity contribution in [1.29, 1.82) is 0 Å². The van der Waals surface area contributed by atoms with Crippen molar-refractivity contribution >= 4 is 39.8 Å². The van der Waals surface area contributed by atoms with E-state index in [4.69, 9.17) is 0 Å². The number of hydrogen-bond acceptors (Lipinski definition) is 6. The van der Waals surface area contributed by atoms with Crippen molar-refractivity contribution < 1.29 is 4.79 Å². The molecule has 1 saturated heterocycles. The largest absolute Gasteiger partial charge is 0.367 e. The van der Waals surface area contributed by atoms with E-state index in [0.717, 1.165) is 71.2 Å². The van der Waals surface area contributed by atoms with Gasteiger partial charge in [0.15, 0.2) is 5.65 Å². The number of amides is 1. The van der Waals surface area contributed by atoms with Crippen LogP contribution in [0.4, 0.5) is 17.2 Å². The Bertz CT molecular complexity index is 1480. The molecule has 9 heteroatoms. The summed E-state index contributed by atoms with van der Waals surface area (Å²) in [5.74, 6) is 0.875. The Balaban J connectivity index is 1.26. The van der Waals surface area contributed by atoms with Crippen molar-refractivity contribution in [3.05, 3.63) is 67.5 Å². The van der Waals surface area contributed by atoms with Crippen molar-refractivity contribution in [2.45, 2.75) is 6.92 Å². The van der Waals surface area contributed by atoms with E-state index in [1.807, 2.05) is 46.2 Å². The molecule has 0 radical (unpaired) electrons. The molecular formula is C25H24N8O. The molecule has 1 aliphatic rings. The molecule has 5 aromatic heterocycles. The van der Waals surface area contributed by atoms with Gasteiger partial charge in [-0.15, -0.1) is 0 Å². The first-order valence-electron chi connectivity index (χ1n) is 11.3. The second-order valence-electron chi connectivity index (χ2n) is 8.45. The smallest absolute Gasteiger partial charge is 0.219 e. The molecule has 1 fully saturated rings. The quantitative estimate of drug-likeness (QED) is 0.432. The van der Waals surface area contributed by atoms with Crippen LogP contribution in [0.25, 0.3) is 27.8 Å². The number of nitrogens with one attached hydrogen (secondary N) is 2. The fraction of sp³-hybridized carbons (Fsp3) is 0.200. The Morgan fingerprint density at radius 1 is 1.00 bits per heavy atom. The van der Waals surface area contributed by atoms with E-state index in [1.165, 1.54) is 0 Å². The summed E-state index contributed by atoms with van der Waals surface area (Å²) in [7, 11) is 0. The van der Waals surface area contributed by atoms with Crippen LogP contribution in [-0.4, -0.2) is 61.3 Å². The van der Waals surface area contributed by atoms with Crippen LogP contribution in [0.1, 0.15) is 6.92 Å². The van der Waals surface area contributed by atoms with Gasteiger partial charge in [0.05, 0.1) is 28.6 Å². The van der Waals surface area contributed by atoms with Gasteiger partial charge in [0.1, 0.15) is 5.82 Å². The van der Waals surface area contributed by atoms with E-state index >= 15 is 0 Å². The average molecular weight is 453 g/mol. The lowest BCUT2D eigenvalue weighted by Gasteiger charge is -2.35. The van der Waals surface area contributed by atoms with Gasteiger partial charge in [-0.25, -0.2) is 9.97 Å². The van der Waals surface area contributed by atoms with Gasteiger partial charge in [-0.05, 0) is 30.3 Å². The summed E-state index contributed by atoms with van der Waals surface area (Å²) in [4.78, 5) is 32.6. The highest BCUT2D eigenvalue weighted by Gasteiger charge is 2.19. The Morgan fingerprint density at radius 2 is 1.88 bits per heavy atom. The third kappa shape index (κ3) is 3.71. The third-order valence-electron chi connectivity index (χ3n) is 6.32. The molecule has 0 atom stereocenters. The van der Waals surface area contributed by atoms with Gasteiger partial charge in [-0.1, -0.05) is 0 Å². The molecule has 1 amide bonds. The second-order valence-corrected chi connectivity index (χ2v) is 8.45. The molecule has 0 saturated carbocycles. The van der Waals surface area contributed by atoms with Crippen LogP contribution in [0.3, 0.4) is 0 Å². The van der Waals surface area contributed by atoms with E-state index < -0.39 is 0 Å². The number of aromatic amines is 1. The minimum Gasteiger partial charge on any atom is -0.367 e. The molecule has 34 heavy (non-hydrogen) atoms. The molecule has 6 heterocycles. The third-order valence-corrected chi connectivity index (χ3v) is 6.32. The molecule has 0 aromatic carbocycles. The zero-order chi connectivity index (χ0) is 23.1. The van der Waals surface area contributed by atoms with Gasteiger partial charge >= 0.3 is 0 Å². The second kappa shape index (κ2) is 8.18. The van der Waals surface area contributed by atoms with E-state index in [2.05, 4.69) is 54.5 Å². The number of pyridine rings is 3. The van der Waals surface area contributed by atoms with Crippen LogP contribution in [0.15, 0.2) is 67.5 Å². The summed E-state index contributed by atoms with van der Waals surface area (Å²) in [6, 6.07) is 10.2. The molecule has 6 rings (SSSR count). The minimum atomic E-state index is 0.133. The van der Waals surface area contributed by atoms with Crippen LogP contribution >= 0.6 is 0 Å². The van der Waals surface area contributed by atoms with E-state index in [9.17, 15) is 4.79 Å². The molecule has 2 N–H and O–H groups in total. The first kappa shape index (κ1) is 20.2. The Morgan fingerprint density at radius 3 is 2.68 bits per heavy atom. The lowest BCUT2D eigenvalue weighted by atomic mass is 10.1. The predicted molar refractivity (Wildman–Crippen MR) is 132 cm³/mol. The normalized spacial score (nSPS) is 14.1. The molecule has 0 spiro atoms. The van der Waals surface area contributed by atoms with Crippen LogP contribution in [0.2, 0.25) is 0 Å². The van der Waals surface area contributed by atoms with Crippen molar-refractivity contribution in [3.8, 4) is 11.1 Å². The average Bonchev–Trinajstić information content (AvgIpc) is 3.53. The number of imidazole rings is 1. The zero-order valence-corrected chi connectivity index (χ0v) is 18.8. The number of H-pyrrole nitrogens is 1. The monoisotopic (exact) mass is 452 g/mol. The number of fused-ring (bicyclic) bond motifs is 2. The van der Waals surface area contributed by atoms with Crippen molar-refractivity contribution in [3.63, 3.8) is 0 Å². The summed E-state index contributed by atoms with van der Waals surface area (Å²) in [5.41, 5.74) is 6.72. The molecule has 1 aliphatic heterocycles. The van der Waals surface area contributed by atoms with Crippen LogP contribution < -0.4 is 10.2 Å². The van der Waals surface area contributed by atoms with Gasteiger partial charge in [-0.2, -0.15) is 0 Å². The fourth-order valence-electron chi connectivity index (χ4n) is 4.44. The van der Waals surface area contributed by atoms with Gasteiger partial charge in [0.25, 0.3) is 0 Å². The molecule has 0 bridgehead atoms. The fourth-order valence-corrected chi connectivity index (χ4v) is 4.44. The molecule has 0 unspecified atom stereocenters. The Hall–Kier alpha value is -4.40. The molecule has 0 aliphatic carbocycles. The number of anilines is 3. The lowest BCUT2D eigenvalue weighted by molar-refractivity contribution is -0.129. The maximum Gasteiger partial charge on any atom is 0.219 e. The van der Waals surface area contributed by atoms with Crippen molar-refractivity contribution in [1.82, 2.24) is 29.2 Å². The molecule has 170 valence electrons. The number of carbonyl (C=O) groups is 1. The summed E-state index contributed by atoms with van der Waals surface area (Å²) >= 11 is 0. The number of aromatic nitrogens is 5. The first-order valence-corrected chi connectivity index (χ1v) is 11.3. The number of hydrogen-bond donors (Lipinski definition) is 2. The summed E-state index contributed by atoms with van der Waals surface area (Å²) in [6.45, 7) is 4.72. The minimum absolute atomic E-state index is 0.133. The molecule has 5 aromatic rings. The maximum atomic E-state index is 11.6. The number of nitrogens with zero attached hydrogens (tertiary/aromatic N) is 6. The van der Waals surface area contributed by atoms with E-state index in [1.54, 1.807) is 13.1 Å². The van der Waals surface area contributed by atoms with Crippen LogP contribution in [-0.2, 0) is 4.79 Å². The molecule has 9 nitrogen and oxygen atoms in total. The number of piperazine rings is 1.